The van der Waals surface area contributed by atoms with Crippen LogP contribution in [0.2, 0.25) is 0 Å². The van der Waals surface area contributed by atoms with Gasteiger partial charge in [0.1, 0.15) is 5.75 Å². The van der Waals surface area contributed by atoms with Crippen LogP contribution in [-0.2, 0) is 9.53 Å². The number of esters is 1. The smallest absolute Gasteiger partial charge is 0.347 e. The summed E-state index contributed by atoms with van der Waals surface area (Å²) in [7, 11) is 0. The molecule has 0 radical (unpaired) electrons. The average Bonchev–Trinajstić information content (AvgIpc) is 3.14. The van der Waals surface area contributed by atoms with Crippen LogP contribution in [0.4, 0.5) is 0 Å². The van der Waals surface area contributed by atoms with Crippen LogP contribution >= 0.6 is 0 Å². The lowest BCUT2D eigenvalue weighted by molar-refractivity contribution is -0.152. The molecular weight excluding hydrogens is 598 g/mol. The number of aliphatic hydroxyl groups is 1. The number of carbonyl (C=O) groups is 1. The van der Waals surface area contributed by atoms with Crippen LogP contribution in [-0.4, -0.2) is 45.3 Å². The van der Waals surface area contributed by atoms with Crippen LogP contribution in [0.3, 0.4) is 0 Å². The molecule has 0 amide bonds. The fourth-order valence-electron chi connectivity index (χ4n) is 5.44. The number of ether oxygens (including phenoxy) is 2. The number of hydrogen-bond acceptors (Lipinski definition) is 7. The van der Waals surface area contributed by atoms with E-state index in [-0.39, 0.29) is 19.1 Å². The topological polar surface area (TPSA) is 94.4 Å². The molecule has 5 aromatic rings. The molecule has 6 rings (SSSR count). The molecule has 1 heterocycles. The van der Waals surface area contributed by atoms with E-state index >= 15 is 0 Å². The van der Waals surface area contributed by atoms with E-state index < -0.39 is 12.1 Å². The minimum absolute atomic E-state index is 0.0517. The minimum atomic E-state index is -0.807. The monoisotopic (exact) mass is 637 g/mol. The van der Waals surface area contributed by atoms with Crippen LogP contribution in [0.25, 0.3) is 50.9 Å². The normalized spacial score (nSPS) is 13.8. The third kappa shape index (κ3) is 7.76. The van der Waals surface area contributed by atoms with Gasteiger partial charge in [0.05, 0.1) is 6.61 Å². The number of aromatic nitrogens is 3. The van der Waals surface area contributed by atoms with E-state index in [1.165, 1.54) is 5.57 Å². The minimum Gasteiger partial charge on any atom is -0.479 e. The van der Waals surface area contributed by atoms with Gasteiger partial charge in [0.15, 0.2) is 23.6 Å². The van der Waals surface area contributed by atoms with Crippen molar-refractivity contribution in [1.29, 1.82) is 0 Å². The summed E-state index contributed by atoms with van der Waals surface area (Å²) < 4.78 is 11.2. The SMILES string of the molecule is Cc1cc(OC(C)C(=O)OCC(C)CO)ccc1-c1nc(-c2ccc(C3=CCCC=C3)cc2)nc(-c2ccc(-c3ccccc3)cc2)n1. The van der Waals surface area contributed by atoms with Gasteiger partial charge in [-0.3, -0.25) is 0 Å². The summed E-state index contributed by atoms with van der Waals surface area (Å²) in [6.45, 7) is 5.50. The van der Waals surface area contributed by atoms with Crippen LogP contribution in [0.5, 0.6) is 5.75 Å². The highest BCUT2D eigenvalue weighted by Crippen LogP contribution is 2.31. The quantitative estimate of drug-likeness (QED) is 0.145. The molecule has 0 saturated carbocycles. The fraction of sp³-hybridized carbons (Fsp3) is 0.220. The predicted molar refractivity (Wildman–Crippen MR) is 190 cm³/mol. The van der Waals surface area contributed by atoms with Crippen LogP contribution in [0.1, 0.15) is 37.8 Å². The maximum atomic E-state index is 12.4. The number of nitrogens with zero attached hydrogens (tertiary/aromatic N) is 3. The molecule has 1 aromatic heterocycles. The van der Waals surface area contributed by atoms with E-state index in [1.54, 1.807) is 19.9 Å². The van der Waals surface area contributed by atoms with E-state index in [2.05, 4.69) is 66.8 Å². The Kier molecular flexibility index (Phi) is 10.2. The molecule has 0 spiro atoms. The Morgan fingerprint density at radius 1 is 0.750 bits per heavy atom. The van der Waals surface area contributed by atoms with E-state index in [0.29, 0.717) is 23.2 Å². The molecule has 1 aliphatic carbocycles. The number of aryl methyl sites for hydroxylation is 1. The molecule has 1 aliphatic rings. The average molecular weight is 638 g/mol. The van der Waals surface area contributed by atoms with Gasteiger partial charge in [-0.15, -0.1) is 0 Å². The summed E-state index contributed by atoms with van der Waals surface area (Å²) >= 11 is 0. The van der Waals surface area contributed by atoms with Crippen LogP contribution in [0.15, 0.2) is 115 Å². The molecule has 2 unspecified atom stereocenters. The van der Waals surface area contributed by atoms with Gasteiger partial charge in [0.25, 0.3) is 0 Å². The van der Waals surface area contributed by atoms with Crippen LogP contribution in [0, 0.1) is 12.8 Å². The third-order valence-corrected chi connectivity index (χ3v) is 8.26. The summed E-state index contributed by atoms with van der Waals surface area (Å²) in [6.07, 6.45) is 7.97. The third-order valence-electron chi connectivity index (χ3n) is 8.26. The largest absolute Gasteiger partial charge is 0.479 e. The Bertz CT molecular complexity index is 1930. The molecule has 242 valence electrons. The molecular formula is C41H39N3O4. The zero-order valence-corrected chi connectivity index (χ0v) is 27.5. The molecule has 1 N–H and O–H groups in total. The van der Waals surface area contributed by atoms with Gasteiger partial charge < -0.3 is 14.6 Å². The van der Waals surface area contributed by atoms with Crippen molar-refractivity contribution in [3.63, 3.8) is 0 Å². The molecule has 0 fully saturated rings. The molecule has 0 saturated heterocycles. The number of allylic oxidation sites excluding steroid dienone is 4. The Morgan fingerprint density at radius 3 is 1.96 bits per heavy atom. The van der Waals surface area contributed by atoms with Crippen molar-refractivity contribution in [3.05, 3.63) is 126 Å². The molecule has 2 atom stereocenters. The summed E-state index contributed by atoms with van der Waals surface area (Å²) in [5, 5.41) is 9.21. The van der Waals surface area contributed by atoms with Gasteiger partial charge in [0.2, 0.25) is 0 Å². The van der Waals surface area contributed by atoms with Crippen molar-refractivity contribution >= 4 is 11.5 Å². The highest BCUT2D eigenvalue weighted by atomic mass is 16.6. The first-order chi connectivity index (χ1) is 23.4. The predicted octanol–water partition coefficient (Wildman–Crippen LogP) is 8.52. The zero-order valence-electron chi connectivity index (χ0n) is 27.5. The van der Waals surface area contributed by atoms with E-state index in [4.69, 9.17) is 24.4 Å². The van der Waals surface area contributed by atoms with E-state index in [0.717, 1.165) is 51.8 Å². The number of hydrogen-bond donors (Lipinski definition) is 1. The second-order valence-electron chi connectivity index (χ2n) is 12.1. The van der Waals surface area contributed by atoms with Crippen molar-refractivity contribution in [2.75, 3.05) is 13.2 Å². The summed E-state index contributed by atoms with van der Waals surface area (Å²) in [5.74, 6) is 1.61. The van der Waals surface area contributed by atoms with Gasteiger partial charge >= 0.3 is 5.97 Å². The van der Waals surface area contributed by atoms with Crippen molar-refractivity contribution in [2.45, 2.75) is 39.7 Å². The lowest BCUT2D eigenvalue weighted by Crippen LogP contribution is -2.28. The Hall–Kier alpha value is -5.40. The first-order valence-electron chi connectivity index (χ1n) is 16.3. The molecule has 4 aromatic carbocycles. The lowest BCUT2D eigenvalue weighted by atomic mass is 9.98. The van der Waals surface area contributed by atoms with Crippen LogP contribution < -0.4 is 4.74 Å². The zero-order chi connectivity index (χ0) is 33.5. The van der Waals surface area contributed by atoms with E-state index in [1.807, 2.05) is 49.4 Å². The Labute approximate surface area is 281 Å². The molecule has 48 heavy (non-hydrogen) atoms. The molecule has 0 bridgehead atoms. The molecule has 7 nitrogen and oxygen atoms in total. The highest BCUT2D eigenvalue weighted by molar-refractivity contribution is 5.77. The standard InChI is InChI=1S/C41H39N3O4/c1-27(25-45)26-47-41(46)29(3)48-36-22-23-37(28(2)24-36)40-43-38(34-18-14-32(15-19-34)30-10-6-4-7-11-30)42-39(44-40)35-20-16-33(17-21-35)31-12-8-5-9-13-31/h4,6-8,10-24,27,29,45H,5,9,25-26H2,1-3H3. The maximum absolute atomic E-state index is 12.4. The van der Waals surface area contributed by atoms with Gasteiger partial charge in [-0.1, -0.05) is 104 Å². The lowest BCUT2D eigenvalue weighted by Gasteiger charge is -2.16. The maximum Gasteiger partial charge on any atom is 0.347 e. The first kappa shape index (κ1) is 32.5. The summed E-state index contributed by atoms with van der Waals surface area (Å²) in [4.78, 5) is 27.3. The number of aliphatic hydroxyl groups excluding tert-OH is 1. The van der Waals surface area contributed by atoms with Crippen molar-refractivity contribution < 1.29 is 19.4 Å². The second kappa shape index (κ2) is 15.0. The number of benzene rings is 4. The summed E-state index contributed by atoms with van der Waals surface area (Å²) in [6, 6.07) is 32.4. The second-order valence-corrected chi connectivity index (χ2v) is 12.1. The van der Waals surface area contributed by atoms with Gasteiger partial charge in [-0.2, -0.15) is 0 Å². The van der Waals surface area contributed by atoms with Gasteiger partial charge in [-0.25, -0.2) is 19.7 Å². The van der Waals surface area contributed by atoms with Crippen molar-refractivity contribution in [3.8, 4) is 51.0 Å². The first-order valence-corrected chi connectivity index (χ1v) is 16.3. The van der Waals surface area contributed by atoms with Crippen molar-refractivity contribution in [1.82, 2.24) is 15.0 Å². The molecule has 0 aliphatic heterocycles. The highest BCUT2D eigenvalue weighted by Gasteiger charge is 2.19. The number of rotatable bonds is 11. The van der Waals surface area contributed by atoms with Gasteiger partial charge in [0, 0.05) is 29.2 Å². The van der Waals surface area contributed by atoms with Crippen molar-refractivity contribution in [2.24, 2.45) is 5.92 Å². The summed E-state index contributed by atoms with van der Waals surface area (Å²) in [5.41, 5.74) is 8.13. The number of carbonyl (C=O) groups excluding carboxylic acids is 1. The molecule has 7 heteroatoms. The fourth-order valence-corrected chi connectivity index (χ4v) is 5.44. The van der Waals surface area contributed by atoms with Gasteiger partial charge in [-0.05, 0) is 72.7 Å². The Balaban J connectivity index is 1.32. The Morgan fingerprint density at radius 2 is 1.35 bits per heavy atom. The van der Waals surface area contributed by atoms with E-state index in [9.17, 15) is 9.90 Å².